The van der Waals surface area contributed by atoms with Crippen LogP contribution in [0.1, 0.15) is 37.4 Å². The summed E-state index contributed by atoms with van der Waals surface area (Å²) in [4.78, 5) is 18.1. The van der Waals surface area contributed by atoms with Crippen LogP contribution in [0.2, 0.25) is 10.0 Å². The number of nitrogens with one attached hydrogen (secondary N) is 2. The lowest BCUT2D eigenvalue weighted by atomic mass is 9.94. The molecule has 1 aliphatic heterocycles. The normalized spacial score (nSPS) is 15.3. The van der Waals surface area contributed by atoms with Gasteiger partial charge >= 0.3 is 0 Å². The molecule has 2 aromatic carbocycles. The summed E-state index contributed by atoms with van der Waals surface area (Å²) in [5.41, 5.74) is 3.53. The van der Waals surface area contributed by atoms with Crippen LogP contribution in [0.15, 0.2) is 58.9 Å². The Hall–Kier alpha value is -2.48. The van der Waals surface area contributed by atoms with Crippen LogP contribution in [0, 0.1) is 6.92 Å². The lowest BCUT2D eigenvalue weighted by Crippen LogP contribution is -2.32. The smallest absolute Gasteiger partial charge is 0.255 e. The Bertz CT molecular complexity index is 1190. The minimum Gasteiger partial charge on any atom is -0.328 e. The van der Waals surface area contributed by atoms with Crippen LogP contribution in [-0.4, -0.2) is 26.4 Å². The van der Waals surface area contributed by atoms with E-state index in [0.29, 0.717) is 43.7 Å². The van der Waals surface area contributed by atoms with Crippen LogP contribution in [-0.2, 0) is 4.79 Å². The number of anilines is 2. The monoisotopic (exact) mass is 487 g/mol. The van der Waals surface area contributed by atoms with Crippen LogP contribution in [0.4, 0.5) is 11.6 Å². The summed E-state index contributed by atoms with van der Waals surface area (Å²) in [5, 5.41) is 12.5. The van der Waals surface area contributed by atoms with Crippen molar-refractivity contribution >= 4 is 52.5 Å². The zero-order valence-corrected chi connectivity index (χ0v) is 20.3. The standard InChI is InChI=1S/C23H23Cl2N5OS/c1-4-11-32-23-28-22-26-14(3)18(21(31)27-15-8-5-7-13(2)12-15)20(30(22)29-23)19-16(24)9-6-10-17(19)25/h5-10,12,20H,4,11H2,1-3H3,(H,27,31)(H,26,28,29). The third kappa shape index (κ3) is 4.51. The number of hydrogen-bond acceptors (Lipinski definition) is 5. The lowest BCUT2D eigenvalue weighted by Gasteiger charge is -2.29. The summed E-state index contributed by atoms with van der Waals surface area (Å²) < 4.78 is 1.70. The zero-order valence-electron chi connectivity index (χ0n) is 17.9. The number of fused-ring (bicyclic) bond motifs is 1. The van der Waals surface area contributed by atoms with Crippen LogP contribution in [0.5, 0.6) is 0 Å². The summed E-state index contributed by atoms with van der Waals surface area (Å²) in [6.07, 6.45) is 1.00. The van der Waals surface area contributed by atoms with Gasteiger partial charge in [-0.25, -0.2) is 4.68 Å². The fourth-order valence-corrected chi connectivity index (χ4v) is 4.93. The van der Waals surface area contributed by atoms with Crippen molar-refractivity contribution in [3.63, 3.8) is 0 Å². The van der Waals surface area contributed by atoms with Gasteiger partial charge in [0.05, 0.1) is 5.57 Å². The van der Waals surface area contributed by atoms with Crippen molar-refractivity contribution in [2.24, 2.45) is 0 Å². The van der Waals surface area contributed by atoms with E-state index in [1.54, 1.807) is 34.6 Å². The number of aromatic nitrogens is 3. The van der Waals surface area contributed by atoms with Crippen molar-refractivity contribution in [1.82, 2.24) is 14.8 Å². The Balaban J connectivity index is 1.81. The molecule has 2 heterocycles. The number of allylic oxidation sites excluding steroid dienone is 1. The molecule has 6 nitrogen and oxygen atoms in total. The average Bonchev–Trinajstić information content (AvgIpc) is 3.14. The molecule has 9 heteroatoms. The Morgan fingerprint density at radius 1 is 1.19 bits per heavy atom. The molecule has 0 aliphatic carbocycles. The van der Waals surface area contributed by atoms with Crippen molar-refractivity contribution < 1.29 is 4.79 Å². The quantitative estimate of drug-likeness (QED) is 0.397. The van der Waals surface area contributed by atoms with Gasteiger partial charge in [-0.15, -0.1) is 5.10 Å². The summed E-state index contributed by atoms with van der Waals surface area (Å²) >= 11 is 14.8. The number of carbonyl (C=O) groups is 1. The van der Waals surface area contributed by atoms with Gasteiger partial charge in [0.1, 0.15) is 6.04 Å². The maximum absolute atomic E-state index is 13.5. The molecular formula is C23H23Cl2N5OS. The van der Waals surface area contributed by atoms with Gasteiger partial charge in [-0.1, -0.05) is 60.1 Å². The highest BCUT2D eigenvalue weighted by molar-refractivity contribution is 7.99. The first kappa shape index (κ1) is 22.7. The number of benzene rings is 2. The number of rotatable bonds is 6. The van der Waals surface area contributed by atoms with E-state index >= 15 is 0 Å². The van der Waals surface area contributed by atoms with E-state index in [9.17, 15) is 4.79 Å². The molecule has 2 N–H and O–H groups in total. The largest absolute Gasteiger partial charge is 0.328 e. The van der Waals surface area contributed by atoms with E-state index < -0.39 is 6.04 Å². The Morgan fingerprint density at radius 2 is 1.91 bits per heavy atom. The van der Waals surface area contributed by atoms with Crippen molar-refractivity contribution in [2.45, 2.75) is 38.4 Å². The molecular weight excluding hydrogens is 465 g/mol. The first-order valence-electron chi connectivity index (χ1n) is 10.3. The third-order valence-electron chi connectivity index (χ3n) is 5.06. The number of thioether (sulfide) groups is 1. The number of hydrogen-bond donors (Lipinski definition) is 2. The van der Waals surface area contributed by atoms with Crippen molar-refractivity contribution in [1.29, 1.82) is 0 Å². The number of carbonyl (C=O) groups excluding carboxylic acids is 1. The average molecular weight is 488 g/mol. The highest BCUT2D eigenvalue weighted by atomic mass is 35.5. The lowest BCUT2D eigenvalue weighted by molar-refractivity contribution is -0.113. The molecule has 1 aromatic heterocycles. The summed E-state index contributed by atoms with van der Waals surface area (Å²) in [6.45, 7) is 5.93. The Kier molecular flexibility index (Phi) is 6.79. The molecule has 4 rings (SSSR count). The van der Waals surface area contributed by atoms with E-state index in [-0.39, 0.29) is 5.91 Å². The predicted molar refractivity (Wildman–Crippen MR) is 132 cm³/mol. The molecule has 0 saturated carbocycles. The summed E-state index contributed by atoms with van der Waals surface area (Å²) in [7, 11) is 0. The first-order chi connectivity index (χ1) is 15.4. The van der Waals surface area contributed by atoms with Crippen LogP contribution in [0.25, 0.3) is 0 Å². The highest BCUT2D eigenvalue weighted by Gasteiger charge is 2.36. The van der Waals surface area contributed by atoms with E-state index in [1.807, 2.05) is 38.1 Å². The molecule has 1 unspecified atom stereocenters. The van der Waals surface area contributed by atoms with Gasteiger partial charge in [-0.2, -0.15) is 4.98 Å². The molecule has 0 fully saturated rings. The second kappa shape index (κ2) is 9.57. The van der Waals surface area contributed by atoms with Gasteiger partial charge in [0, 0.05) is 32.7 Å². The number of halogens is 2. The first-order valence-corrected chi connectivity index (χ1v) is 12.0. The summed E-state index contributed by atoms with van der Waals surface area (Å²) in [5.74, 6) is 1.19. The van der Waals surface area contributed by atoms with Crippen molar-refractivity contribution in [3.05, 3.63) is 74.9 Å². The Morgan fingerprint density at radius 3 is 2.59 bits per heavy atom. The van der Waals surface area contributed by atoms with Crippen LogP contribution in [0.3, 0.4) is 0 Å². The molecule has 1 aliphatic rings. The van der Waals surface area contributed by atoms with E-state index in [0.717, 1.165) is 17.7 Å². The van der Waals surface area contributed by atoms with Gasteiger partial charge in [0.2, 0.25) is 11.1 Å². The van der Waals surface area contributed by atoms with E-state index in [1.165, 1.54) is 0 Å². The van der Waals surface area contributed by atoms with Gasteiger partial charge in [0.15, 0.2) is 0 Å². The predicted octanol–water partition coefficient (Wildman–Crippen LogP) is 6.32. The number of aryl methyl sites for hydroxylation is 1. The maximum atomic E-state index is 13.5. The number of nitrogens with zero attached hydrogens (tertiary/aromatic N) is 3. The number of amides is 1. The fourth-order valence-electron chi connectivity index (χ4n) is 3.64. The van der Waals surface area contributed by atoms with Gasteiger partial charge in [-0.05, 0) is 50.1 Å². The van der Waals surface area contributed by atoms with E-state index in [2.05, 4.69) is 22.5 Å². The minimum atomic E-state index is -0.624. The highest BCUT2D eigenvalue weighted by Crippen LogP contribution is 2.42. The second-order valence-corrected chi connectivity index (χ2v) is 9.41. The van der Waals surface area contributed by atoms with Gasteiger partial charge in [-0.3, -0.25) is 4.79 Å². The zero-order chi connectivity index (χ0) is 22.8. The van der Waals surface area contributed by atoms with Crippen molar-refractivity contribution in [2.75, 3.05) is 16.4 Å². The molecule has 32 heavy (non-hydrogen) atoms. The van der Waals surface area contributed by atoms with Gasteiger partial charge in [0.25, 0.3) is 5.91 Å². The van der Waals surface area contributed by atoms with Crippen LogP contribution < -0.4 is 10.6 Å². The molecule has 0 spiro atoms. The van der Waals surface area contributed by atoms with Crippen molar-refractivity contribution in [3.8, 4) is 0 Å². The van der Waals surface area contributed by atoms with Gasteiger partial charge < -0.3 is 10.6 Å². The summed E-state index contributed by atoms with van der Waals surface area (Å²) in [6, 6.07) is 12.3. The molecule has 0 bridgehead atoms. The van der Waals surface area contributed by atoms with E-state index in [4.69, 9.17) is 28.3 Å². The minimum absolute atomic E-state index is 0.259. The topological polar surface area (TPSA) is 71.8 Å². The molecule has 1 atom stereocenters. The SMILES string of the molecule is CCCSc1nc2n(n1)C(c1c(Cl)cccc1Cl)C(C(=O)Nc1cccc(C)c1)=C(C)N2. The van der Waals surface area contributed by atoms with Crippen LogP contribution >= 0.6 is 35.0 Å². The fraction of sp³-hybridized carbons (Fsp3) is 0.261. The molecule has 3 aromatic rings. The molecule has 166 valence electrons. The Labute approximate surface area is 201 Å². The second-order valence-electron chi connectivity index (χ2n) is 7.54. The molecule has 0 saturated heterocycles. The third-order valence-corrected chi connectivity index (χ3v) is 6.76. The maximum Gasteiger partial charge on any atom is 0.255 e. The molecule has 1 amide bonds. The molecule has 0 radical (unpaired) electrons.